The van der Waals surface area contributed by atoms with Crippen molar-refractivity contribution in [1.29, 1.82) is 0 Å². The van der Waals surface area contributed by atoms with Gasteiger partial charge in [0.2, 0.25) is 5.91 Å². The first-order valence-corrected chi connectivity index (χ1v) is 11.7. The summed E-state index contributed by atoms with van der Waals surface area (Å²) in [6.07, 6.45) is 4.49. The van der Waals surface area contributed by atoms with Crippen molar-refractivity contribution in [2.75, 3.05) is 44.2 Å². The van der Waals surface area contributed by atoms with Crippen LogP contribution in [0.2, 0.25) is 0 Å². The molecule has 0 saturated carbocycles. The SMILES string of the molecule is Cc1ccc(-c2ccc(N3CCC[C@H](C(=O)NCCN4CCC(C)CC4)C3)nn2)cc1. The van der Waals surface area contributed by atoms with Crippen molar-refractivity contribution in [2.24, 2.45) is 11.8 Å². The molecule has 4 rings (SSSR count). The number of carbonyl (C=O) groups excluding carboxylic acids is 1. The summed E-state index contributed by atoms with van der Waals surface area (Å²) in [5, 5.41) is 12.1. The van der Waals surface area contributed by atoms with Crippen molar-refractivity contribution in [3.05, 3.63) is 42.0 Å². The van der Waals surface area contributed by atoms with Crippen LogP contribution in [-0.2, 0) is 4.79 Å². The van der Waals surface area contributed by atoms with Crippen molar-refractivity contribution < 1.29 is 4.79 Å². The molecule has 1 N–H and O–H groups in total. The summed E-state index contributed by atoms with van der Waals surface area (Å²) in [6, 6.07) is 12.4. The summed E-state index contributed by atoms with van der Waals surface area (Å²) >= 11 is 0. The number of anilines is 1. The number of aromatic nitrogens is 2. The molecular formula is C25H35N5O. The molecule has 1 aromatic heterocycles. The summed E-state index contributed by atoms with van der Waals surface area (Å²) < 4.78 is 0. The smallest absolute Gasteiger partial charge is 0.224 e. The highest BCUT2D eigenvalue weighted by Crippen LogP contribution is 2.24. The maximum Gasteiger partial charge on any atom is 0.224 e. The molecule has 2 fully saturated rings. The Balaban J connectivity index is 1.27. The lowest BCUT2D eigenvalue weighted by Crippen LogP contribution is -2.45. The highest BCUT2D eigenvalue weighted by atomic mass is 16.1. The van der Waals surface area contributed by atoms with Crippen LogP contribution >= 0.6 is 0 Å². The third-order valence-electron chi connectivity index (χ3n) is 6.72. The molecule has 1 atom stereocenters. The molecule has 0 unspecified atom stereocenters. The van der Waals surface area contributed by atoms with Crippen LogP contribution in [-0.4, -0.2) is 60.3 Å². The highest BCUT2D eigenvalue weighted by Gasteiger charge is 2.27. The number of amides is 1. The zero-order valence-electron chi connectivity index (χ0n) is 18.9. The number of hydrogen-bond donors (Lipinski definition) is 1. The summed E-state index contributed by atoms with van der Waals surface area (Å²) in [5.41, 5.74) is 3.18. The van der Waals surface area contributed by atoms with Gasteiger partial charge in [-0.2, -0.15) is 0 Å². The number of nitrogens with zero attached hydrogens (tertiary/aromatic N) is 4. The molecule has 3 heterocycles. The highest BCUT2D eigenvalue weighted by molar-refractivity contribution is 5.79. The Hall–Kier alpha value is -2.47. The lowest BCUT2D eigenvalue weighted by atomic mass is 9.97. The second kappa shape index (κ2) is 10.2. The molecule has 1 amide bonds. The minimum Gasteiger partial charge on any atom is -0.355 e. The van der Waals surface area contributed by atoms with Gasteiger partial charge in [-0.1, -0.05) is 36.8 Å². The zero-order valence-corrected chi connectivity index (χ0v) is 18.9. The number of hydrogen-bond acceptors (Lipinski definition) is 5. The third-order valence-corrected chi connectivity index (χ3v) is 6.72. The fraction of sp³-hybridized carbons (Fsp3) is 0.560. The zero-order chi connectivity index (χ0) is 21.6. The third kappa shape index (κ3) is 5.82. The lowest BCUT2D eigenvalue weighted by Gasteiger charge is -2.33. The van der Waals surface area contributed by atoms with Gasteiger partial charge in [-0.05, 0) is 63.7 Å². The van der Waals surface area contributed by atoms with Crippen LogP contribution in [0.4, 0.5) is 5.82 Å². The molecular weight excluding hydrogens is 386 g/mol. The Bertz CT molecular complexity index is 843. The second-order valence-electron chi connectivity index (χ2n) is 9.24. The molecule has 31 heavy (non-hydrogen) atoms. The van der Waals surface area contributed by atoms with Crippen molar-refractivity contribution in [1.82, 2.24) is 20.4 Å². The predicted molar refractivity (Wildman–Crippen MR) is 125 cm³/mol. The second-order valence-corrected chi connectivity index (χ2v) is 9.24. The number of likely N-dealkylation sites (tertiary alicyclic amines) is 1. The lowest BCUT2D eigenvalue weighted by molar-refractivity contribution is -0.125. The number of benzene rings is 1. The van der Waals surface area contributed by atoms with Gasteiger partial charge in [-0.25, -0.2) is 0 Å². The van der Waals surface area contributed by atoms with Gasteiger partial charge >= 0.3 is 0 Å². The van der Waals surface area contributed by atoms with Crippen molar-refractivity contribution >= 4 is 11.7 Å². The van der Waals surface area contributed by atoms with Gasteiger partial charge in [-0.15, -0.1) is 10.2 Å². The molecule has 6 nitrogen and oxygen atoms in total. The molecule has 1 aromatic carbocycles. The molecule has 2 aliphatic rings. The van der Waals surface area contributed by atoms with E-state index in [-0.39, 0.29) is 11.8 Å². The Morgan fingerprint density at radius 3 is 2.52 bits per heavy atom. The largest absolute Gasteiger partial charge is 0.355 e. The fourth-order valence-electron chi connectivity index (χ4n) is 4.54. The van der Waals surface area contributed by atoms with Crippen molar-refractivity contribution in [3.63, 3.8) is 0 Å². The van der Waals surface area contributed by atoms with Gasteiger partial charge in [-0.3, -0.25) is 4.79 Å². The normalized spacial score (nSPS) is 20.6. The van der Waals surface area contributed by atoms with E-state index in [1.807, 2.05) is 12.1 Å². The van der Waals surface area contributed by atoms with E-state index >= 15 is 0 Å². The van der Waals surface area contributed by atoms with Crippen LogP contribution in [0, 0.1) is 18.8 Å². The van der Waals surface area contributed by atoms with Gasteiger partial charge < -0.3 is 15.1 Å². The minimum absolute atomic E-state index is 0.0219. The van der Waals surface area contributed by atoms with Crippen LogP contribution in [0.15, 0.2) is 36.4 Å². The maximum atomic E-state index is 12.7. The number of piperidine rings is 2. The van der Waals surface area contributed by atoms with Gasteiger partial charge in [0.05, 0.1) is 11.6 Å². The van der Waals surface area contributed by atoms with E-state index in [0.717, 1.165) is 68.6 Å². The molecule has 6 heteroatoms. The topological polar surface area (TPSA) is 61.4 Å². The van der Waals surface area contributed by atoms with E-state index in [4.69, 9.17) is 0 Å². The standard InChI is InChI=1S/C25H35N5O/c1-19-5-7-21(8-6-19)23-9-10-24(28-27-23)30-14-3-4-22(18-30)25(31)26-13-17-29-15-11-20(2)12-16-29/h5-10,20,22H,3-4,11-18H2,1-2H3,(H,26,31)/t22-/m0/s1. The first-order valence-electron chi connectivity index (χ1n) is 11.7. The quantitative estimate of drug-likeness (QED) is 0.773. The predicted octanol–water partition coefficient (Wildman–Crippen LogP) is 3.52. The van der Waals surface area contributed by atoms with E-state index < -0.39 is 0 Å². The van der Waals surface area contributed by atoms with Gasteiger partial charge in [0.25, 0.3) is 0 Å². The average Bonchev–Trinajstić information content (AvgIpc) is 2.81. The minimum atomic E-state index is 0.0219. The Morgan fingerprint density at radius 2 is 1.81 bits per heavy atom. The van der Waals surface area contributed by atoms with Crippen molar-refractivity contribution in [2.45, 2.75) is 39.5 Å². The van der Waals surface area contributed by atoms with E-state index in [1.54, 1.807) is 0 Å². The first kappa shape index (κ1) is 21.8. The molecule has 166 valence electrons. The molecule has 0 aliphatic carbocycles. The number of aryl methyl sites for hydroxylation is 1. The Labute approximate surface area is 186 Å². The molecule has 2 aromatic rings. The fourth-order valence-corrected chi connectivity index (χ4v) is 4.54. The summed E-state index contributed by atoms with van der Waals surface area (Å²) in [7, 11) is 0. The molecule has 2 saturated heterocycles. The number of carbonyl (C=O) groups is 1. The monoisotopic (exact) mass is 421 g/mol. The molecule has 0 radical (unpaired) electrons. The summed E-state index contributed by atoms with van der Waals surface area (Å²) in [6.45, 7) is 10.1. The number of rotatable bonds is 6. The van der Waals surface area contributed by atoms with Crippen LogP contribution in [0.5, 0.6) is 0 Å². The van der Waals surface area contributed by atoms with E-state index in [1.165, 1.54) is 18.4 Å². The summed E-state index contributed by atoms with van der Waals surface area (Å²) in [5.74, 6) is 1.90. The Kier molecular flexibility index (Phi) is 7.17. The van der Waals surface area contributed by atoms with E-state index in [9.17, 15) is 4.79 Å². The maximum absolute atomic E-state index is 12.7. The molecule has 0 bridgehead atoms. The van der Waals surface area contributed by atoms with Crippen LogP contribution < -0.4 is 10.2 Å². The molecule has 2 aliphatic heterocycles. The van der Waals surface area contributed by atoms with Crippen LogP contribution in [0.3, 0.4) is 0 Å². The summed E-state index contributed by atoms with van der Waals surface area (Å²) in [4.78, 5) is 17.4. The van der Waals surface area contributed by atoms with Crippen LogP contribution in [0.25, 0.3) is 11.3 Å². The first-order chi connectivity index (χ1) is 15.1. The van der Waals surface area contributed by atoms with Crippen LogP contribution in [0.1, 0.15) is 38.2 Å². The van der Waals surface area contributed by atoms with Gasteiger partial charge in [0, 0.05) is 31.7 Å². The van der Waals surface area contributed by atoms with Crippen molar-refractivity contribution in [3.8, 4) is 11.3 Å². The molecule has 0 spiro atoms. The van der Waals surface area contributed by atoms with Gasteiger partial charge in [0.1, 0.15) is 0 Å². The number of nitrogens with one attached hydrogen (secondary N) is 1. The van der Waals surface area contributed by atoms with E-state index in [0.29, 0.717) is 6.54 Å². The van der Waals surface area contributed by atoms with Gasteiger partial charge in [0.15, 0.2) is 5.82 Å². The average molecular weight is 422 g/mol. The van der Waals surface area contributed by atoms with E-state index in [2.05, 4.69) is 63.4 Å². The Morgan fingerprint density at radius 1 is 1.03 bits per heavy atom.